The number of nitrogens with two attached hydrogens (primary N) is 3. The number of carbonyl (C=O) groups excluding carboxylic acids is 1. The monoisotopic (exact) mass is 174 g/mol. The van der Waals surface area contributed by atoms with Crippen molar-refractivity contribution < 1.29 is 4.79 Å². The molecule has 0 rings (SSSR count). The van der Waals surface area contributed by atoms with E-state index >= 15 is 0 Å². The summed E-state index contributed by atoms with van der Waals surface area (Å²) in [5.74, 6) is -0.0288. The summed E-state index contributed by atoms with van der Waals surface area (Å²) in [6, 6.07) is -0.514. The van der Waals surface area contributed by atoms with Crippen molar-refractivity contribution in [2.24, 2.45) is 23.1 Å². The van der Waals surface area contributed by atoms with Crippen molar-refractivity contribution in [3.05, 3.63) is 0 Å². The molecule has 5 heteroatoms. The highest BCUT2D eigenvalue weighted by Crippen LogP contribution is 1.96. The van der Waals surface area contributed by atoms with Crippen LogP contribution in [0, 0.1) is 5.92 Å². The van der Waals surface area contributed by atoms with Crippen molar-refractivity contribution in [1.29, 1.82) is 0 Å². The van der Waals surface area contributed by atoms with Gasteiger partial charge in [0.1, 0.15) is 6.29 Å². The lowest BCUT2D eigenvalue weighted by atomic mass is 10.0. The van der Waals surface area contributed by atoms with Crippen molar-refractivity contribution in [3.8, 4) is 0 Å². The molecule has 0 bridgehead atoms. The standard InChI is InChI=1S/C7H18N4O/c1-4(2)6(12)5(8)3-11-7(9)10/h4-5,7,11H,3,8-10H2,1-2H3/t5-/m1/s1. The molecule has 0 saturated heterocycles. The van der Waals surface area contributed by atoms with Crippen molar-refractivity contribution in [2.45, 2.75) is 26.2 Å². The Morgan fingerprint density at radius 1 is 1.33 bits per heavy atom. The lowest BCUT2D eigenvalue weighted by molar-refractivity contribution is -0.123. The van der Waals surface area contributed by atoms with Crippen LogP contribution in [0.3, 0.4) is 0 Å². The Balaban J connectivity index is 3.72. The maximum atomic E-state index is 11.2. The Labute approximate surface area is 72.7 Å². The average Bonchev–Trinajstić information content (AvgIpc) is 1.98. The van der Waals surface area contributed by atoms with Crippen LogP contribution < -0.4 is 22.5 Å². The second-order valence-electron chi connectivity index (χ2n) is 3.10. The third kappa shape index (κ3) is 4.40. The van der Waals surface area contributed by atoms with Crippen molar-refractivity contribution in [1.82, 2.24) is 5.32 Å². The van der Waals surface area contributed by atoms with E-state index in [1.54, 1.807) is 0 Å². The van der Waals surface area contributed by atoms with Crippen LogP contribution in [0.15, 0.2) is 0 Å². The first kappa shape index (κ1) is 11.5. The fraction of sp³-hybridized carbons (Fsp3) is 0.857. The lowest BCUT2D eigenvalue weighted by Crippen LogP contribution is -2.52. The van der Waals surface area contributed by atoms with Crippen LogP contribution in [-0.2, 0) is 4.79 Å². The summed E-state index contributed by atoms with van der Waals surface area (Å²) in [5.41, 5.74) is 16.0. The van der Waals surface area contributed by atoms with E-state index in [0.717, 1.165) is 0 Å². The minimum Gasteiger partial charge on any atom is -0.320 e. The zero-order valence-corrected chi connectivity index (χ0v) is 7.58. The van der Waals surface area contributed by atoms with Crippen LogP contribution in [0.25, 0.3) is 0 Å². The summed E-state index contributed by atoms with van der Waals surface area (Å²) >= 11 is 0. The summed E-state index contributed by atoms with van der Waals surface area (Å²) in [4.78, 5) is 11.2. The van der Waals surface area contributed by atoms with Gasteiger partial charge in [0.05, 0.1) is 6.04 Å². The van der Waals surface area contributed by atoms with Crippen molar-refractivity contribution in [3.63, 3.8) is 0 Å². The average molecular weight is 174 g/mol. The van der Waals surface area contributed by atoms with Gasteiger partial charge in [-0.3, -0.25) is 10.1 Å². The number of ketones is 1. The molecule has 0 unspecified atom stereocenters. The normalized spacial score (nSPS) is 13.9. The summed E-state index contributed by atoms with van der Waals surface area (Å²) in [6.45, 7) is 3.95. The Kier molecular flexibility index (Phi) is 5.00. The van der Waals surface area contributed by atoms with E-state index in [1.165, 1.54) is 0 Å². The molecule has 12 heavy (non-hydrogen) atoms. The molecule has 0 aromatic carbocycles. The minimum atomic E-state index is -0.615. The predicted octanol–water partition coefficient (Wildman–Crippen LogP) is -1.67. The summed E-state index contributed by atoms with van der Waals surface area (Å²) in [7, 11) is 0. The van der Waals surface area contributed by atoms with Crippen LogP contribution in [0.5, 0.6) is 0 Å². The molecule has 72 valence electrons. The molecule has 0 spiro atoms. The highest BCUT2D eigenvalue weighted by Gasteiger charge is 2.16. The van der Waals surface area contributed by atoms with Gasteiger partial charge < -0.3 is 17.2 Å². The SMILES string of the molecule is CC(C)C(=O)[C@H](N)CNC(N)N. The highest BCUT2D eigenvalue weighted by atomic mass is 16.1. The second kappa shape index (κ2) is 5.21. The fourth-order valence-corrected chi connectivity index (χ4v) is 0.792. The number of nitrogens with one attached hydrogen (secondary N) is 1. The molecule has 0 fully saturated rings. The molecule has 0 aliphatic rings. The lowest BCUT2D eigenvalue weighted by Gasteiger charge is -2.15. The molecule has 5 nitrogen and oxygen atoms in total. The summed E-state index contributed by atoms with van der Waals surface area (Å²) < 4.78 is 0. The first-order valence-electron chi connectivity index (χ1n) is 3.99. The summed E-state index contributed by atoms with van der Waals surface area (Å²) in [5, 5.41) is 2.69. The van der Waals surface area contributed by atoms with E-state index in [4.69, 9.17) is 17.2 Å². The number of rotatable bonds is 5. The molecular weight excluding hydrogens is 156 g/mol. The third-order valence-electron chi connectivity index (χ3n) is 1.51. The van der Waals surface area contributed by atoms with E-state index in [-0.39, 0.29) is 11.7 Å². The second-order valence-corrected chi connectivity index (χ2v) is 3.10. The molecule has 0 aromatic rings. The van der Waals surface area contributed by atoms with E-state index in [0.29, 0.717) is 6.54 Å². The van der Waals surface area contributed by atoms with Gasteiger partial charge in [0.2, 0.25) is 0 Å². The van der Waals surface area contributed by atoms with Gasteiger partial charge in [0, 0.05) is 12.5 Å². The minimum absolute atomic E-state index is 0.0168. The molecule has 0 aliphatic carbocycles. The predicted molar refractivity (Wildman–Crippen MR) is 48.0 cm³/mol. The maximum absolute atomic E-state index is 11.2. The van der Waals surface area contributed by atoms with Gasteiger partial charge in [-0.25, -0.2) is 0 Å². The van der Waals surface area contributed by atoms with E-state index in [1.807, 2.05) is 13.8 Å². The van der Waals surface area contributed by atoms with Crippen LogP contribution in [-0.4, -0.2) is 24.7 Å². The van der Waals surface area contributed by atoms with Crippen LogP contribution >= 0.6 is 0 Å². The van der Waals surface area contributed by atoms with E-state index in [2.05, 4.69) is 5.32 Å². The molecule has 0 heterocycles. The van der Waals surface area contributed by atoms with Gasteiger partial charge in [-0.05, 0) is 0 Å². The zero-order chi connectivity index (χ0) is 9.72. The fourth-order valence-electron chi connectivity index (χ4n) is 0.792. The Hall–Kier alpha value is -0.490. The molecule has 0 aromatic heterocycles. The van der Waals surface area contributed by atoms with Crippen molar-refractivity contribution in [2.75, 3.05) is 6.54 Å². The molecule has 0 radical (unpaired) electrons. The molecular formula is C7H18N4O. The molecule has 0 aliphatic heterocycles. The molecule has 7 N–H and O–H groups in total. The van der Waals surface area contributed by atoms with Crippen LogP contribution in [0.2, 0.25) is 0 Å². The number of hydrogen-bond donors (Lipinski definition) is 4. The van der Waals surface area contributed by atoms with E-state index in [9.17, 15) is 4.79 Å². The maximum Gasteiger partial charge on any atom is 0.153 e. The number of carbonyl (C=O) groups is 1. The van der Waals surface area contributed by atoms with Crippen LogP contribution in [0.4, 0.5) is 0 Å². The Bertz CT molecular complexity index is 146. The summed E-state index contributed by atoms with van der Waals surface area (Å²) in [6.07, 6.45) is -0.615. The number of Topliss-reactive ketones (excluding diaryl/α,β-unsaturated/α-hetero) is 1. The topological polar surface area (TPSA) is 107 Å². The Morgan fingerprint density at radius 2 is 1.83 bits per heavy atom. The van der Waals surface area contributed by atoms with E-state index < -0.39 is 12.3 Å². The Morgan fingerprint density at radius 3 is 2.17 bits per heavy atom. The first-order valence-corrected chi connectivity index (χ1v) is 3.99. The molecule has 1 atom stereocenters. The quantitative estimate of drug-likeness (QED) is 0.373. The zero-order valence-electron chi connectivity index (χ0n) is 7.58. The van der Waals surface area contributed by atoms with Crippen LogP contribution in [0.1, 0.15) is 13.8 Å². The highest BCUT2D eigenvalue weighted by molar-refractivity contribution is 5.85. The molecule has 0 amide bonds. The van der Waals surface area contributed by atoms with Gasteiger partial charge >= 0.3 is 0 Å². The molecule has 0 saturated carbocycles. The van der Waals surface area contributed by atoms with Gasteiger partial charge in [-0.2, -0.15) is 0 Å². The van der Waals surface area contributed by atoms with Gasteiger partial charge in [0.25, 0.3) is 0 Å². The largest absolute Gasteiger partial charge is 0.320 e. The van der Waals surface area contributed by atoms with Gasteiger partial charge in [-0.15, -0.1) is 0 Å². The third-order valence-corrected chi connectivity index (χ3v) is 1.51. The smallest absolute Gasteiger partial charge is 0.153 e. The first-order chi connectivity index (χ1) is 5.45. The van der Waals surface area contributed by atoms with Crippen molar-refractivity contribution >= 4 is 5.78 Å². The number of hydrogen-bond acceptors (Lipinski definition) is 5. The van der Waals surface area contributed by atoms with Gasteiger partial charge in [0.15, 0.2) is 5.78 Å². The van der Waals surface area contributed by atoms with Gasteiger partial charge in [-0.1, -0.05) is 13.8 Å².